The summed E-state index contributed by atoms with van der Waals surface area (Å²) in [7, 11) is 0. The summed E-state index contributed by atoms with van der Waals surface area (Å²) in [5, 5.41) is 18.3. The van der Waals surface area contributed by atoms with Gasteiger partial charge in [-0.25, -0.2) is 9.59 Å². The standard InChI is InChI=1S/C5H5NO6/c1-2(7)12-5(10)3(6-11)4(8)9/h11H,1H3,(H,8,9). The van der Waals surface area contributed by atoms with Gasteiger partial charge in [-0.1, -0.05) is 5.16 Å². The monoisotopic (exact) mass is 175 g/mol. The largest absolute Gasteiger partial charge is 0.476 e. The third-order valence-electron chi connectivity index (χ3n) is 0.732. The maximum atomic E-state index is 10.5. The highest BCUT2D eigenvalue weighted by molar-refractivity contribution is 6.62. The van der Waals surface area contributed by atoms with Gasteiger partial charge in [-0.15, -0.1) is 0 Å². The van der Waals surface area contributed by atoms with Crippen LogP contribution in [0.4, 0.5) is 0 Å². The maximum Gasteiger partial charge on any atom is 0.375 e. The molecule has 0 aliphatic rings. The van der Waals surface area contributed by atoms with Crippen molar-refractivity contribution >= 4 is 23.6 Å². The lowest BCUT2D eigenvalue weighted by Crippen LogP contribution is -2.27. The van der Waals surface area contributed by atoms with E-state index in [-0.39, 0.29) is 0 Å². The molecule has 0 heterocycles. The van der Waals surface area contributed by atoms with E-state index >= 15 is 0 Å². The number of carboxylic acids is 1. The van der Waals surface area contributed by atoms with Gasteiger partial charge in [0.2, 0.25) is 0 Å². The van der Waals surface area contributed by atoms with Gasteiger partial charge in [0.05, 0.1) is 0 Å². The molecule has 0 radical (unpaired) electrons. The third kappa shape index (κ3) is 2.78. The molecular weight excluding hydrogens is 170 g/mol. The fourth-order valence-corrected chi connectivity index (χ4v) is 0.350. The van der Waals surface area contributed by atoms with Gasteiger partial charge >= 0.3 is 17.9 Å². The average molecular weight is 175 g/mol. The summed E-state index contributed by atoms with van der Waals surface area (Å²) >= 11 is 0. The molecule has 0 aliphatic heterocycles. The van der Waals surface area contributed by atoms with Crippen molar-refractivity contribution in [3.8, 4) is 0 Å². The predicted octanol–water partition coefficient (Wildman–Crippen LogP) is -1.01. The highest BCUT2D eigenvalue weighted by Gasteiger charge is 2.23. The first-order valence-corrected chi connectivity index (χ1v) is 2.67. The molecule has 0 atom stereocenters. The quantitative estimate of drug-likeness (QED) is 0.183. The lowest BCUT2D eigenvalue weighted by molar-refractivity contribution is -0.153. The van der Waals surface area contributed by atoms with E-state index < -0.39 is 23.6 Å². The molecule has 0 unspecified atom stereocenters. The van der Waals surface area contributed by atoms with Crippen molar-refractivity contribution in [3.63, 3.8) is 0 Å². The molecule has 2 N–H and O–H groups in total. The number of oxime groups is 1. The fraction of sp³-hybridized carbons (Fsp3) is 0.200. The first kappa shape index (κ1) is 10.1. The van der Waals surface area contributed by atoms with Gasteiger partial charge in [-0.3, -0.25) is 4.79 Å². The number of ether oxygens (including phenoxy) is 1. The van der Waals surface area contributed by atoms with Gasteiger partial charge in [-0.05, 0) is 0 Å². The van der Waals surface area contributed by atoms with Crippen LogP contribution in [0.1, 0.15) is 6.92 Å². The topological polar surface area (TPSA) is 113 Å². The molecule has 66 valence electrons. The zero-order valence-electron chi connectivity index (χ0n) is 5.97. The molecule has 7 nitrogen and oxygen atoms in total. The van der Waals surface area contributed by atoms with Gasteiger partial charge < -0.3 is 15.1 Å². The highest BCUT2D eigenvalue weighted by atomic mass is 16.6. The second kappa shape index (κ2) is 4.06. The molecule has 7 heteroatoms. The Kier molecular flexibility index (Phi) is 3.41. The summed E-state index contributed by atoms with van der Waals surface area (Å²) < 4.78 is 3.82. The normalized spacial score (nSPS) is 10.6. The molecule has 0 aromatic heterocycles. The van der Waals surface area contributed by atoms with E-state index in [1.807, 2.05) is 0 Å². The second-order valence-electron chi connectivity index (χ2n) is 1.63. The minimum absolute atomic E-state index is 0.911. The first-order valence-electron chi connectivity index (χ1n) is 2.67. The van der Waals surface area contributed by atoms with Crippen molar-refractivity contribution in [2.75, 3.05) is 0 Å². The van der Waals surface area contributed by atoms with E-state index in [0.717, 1.165) is 6.92 Å². The fourth-order valence-electron chi connectivity index (χ4n) is 0.350. The SMILES string of the molecule is CC(=O)OC(=O)C(=NO)C(=O)O. The molecule has 0 fully saturated rings. The van der Waals surface area contributed by atoms with Crippen LogP contribution in [0.15, 0.2) is 5.16 Å². The Labute approximate surface area is 66.2 Å². The number of hydrogen-bond donors (Lipinski definition) is 2. The number of aliphatic carboxylic acids is 1. The van der Waals surface area contributed by atoms with E-state index in [4.69, 9.17) is 10.3 Å². The van der Waals surface area contributed by atoms with E-state index in [1.54, 1.807) is 0 Å². The third-order valence-corrected chi connectivity index (χ3v) is 0.732. The van der Waals surface area contributed by atoms with Gasteiger partial charge in [-0.2, -0.15) is 0 Å². The van der Waals surface area contributed by atoms with E-state index in [9.17, 15) is 14.4 Å². The number of carboxylic acid groups (broad SMARTS) is 1. The molecule has 0 amide bonds. The smallest absolute Gasteiger partial charge is 0.375 e. The molecule has 0 saturated heterocycles. The number of hydrogen-bond acceptors (Lipinski definition) is 6. The molecule has 0 aromatic carbocycles. The van der Waals surface area contributed by atoms with Crippen LogP contribution in [0, 0.1) is 0 Å². The minimum atomic E-state index is -1.77. The van der Waals surface area contributed by atoms with Crippen LogP contribution in [0.5, 0.6) is 0 Å². The second-order valence-corrected chi connectivity index (χ2v) is 1.63. The Morgan fingerprint density at radius 3 is 2.08 bits per heavy atom. The number of nitrogens with zero attached hydrogens (tertiary/aromatic N) is 1. The Morgan fingerprint density at radius 1 is 1.33 bits per heavy atom. The van der Waals surface area contributed by atoms with Crippen LogP contribution in [0.3, 0.4) is 0 Å². The molecule has 12 heavy (non-hydrogen) atoms. The highest BCUT2D eigenvalue weighted by Crippen LogP contribution is 1.85. The van der Waals surface area contributed by atoms with Crippen molar-refractivity contribution in [1.82, 2.24) is 0 Å². The van der Waals surface area contributed by atoms with Crippen molar-refractivity contribution in [1.29, 1.82) is 0 Å². The average Bonchev–Trinajstić information content (AvgIpc) is 1.85. The van der Waals surface area contributed by atoms with Crippen LogP contribution in [0.2, 0.25) is 0 Å². The Bertz CT molecular complexity index is 255. The van der Waals surface area contributed by atoms with Crippen molar-refractivity contribution in [2.45, 2.75) is 6.92 Å². The Hall–Kier alpha value is -1.92. The number of rotatable bonds is 2. The van der Waals surface area contributed by atoms with E-state index in [0.29, 0.717) is 0 Å². The summed E-state index contributed by atoms with van der Waals surface area (Å²) in [6.07, 6.45) is 0. The number of esters is 2. The maximum absolute atomic E-state index is 10.5. The molecule has 0 spiro atoms. The van der Waals surface area contributed by atoms with Gasteiger partial charge in [0.25, 0.3) is 5.71 Å². The van der Waals surface area contributed by atoms with Crippen LogP contribution < -0.4 is 0 Å². The summed E-state index contributed by atoms with van der Waals surface area (Å²) in [6.45, 7) is 0.911. The first-order chi connectivity index (χ1) is 5.49. The van der Waals surface area contributed by atoms with Crippen molar-refractivity contribution < 1.29 is 29.4 Å². The van der Waals surface area contributed by atoms with Gasteiger partial charge in [0.1, 0.15) is 0 Å². The van der Waals surface area contributed by atoms with Gasteiger partial charge in [0.15, 0.2) is 0 Å². The molecular formula is C5H5NO6. The van der Waals surface area contributed by atoms with Crippen LogP contribution in [-0.2, 0) is 19.1 Å². The van der Waals surface area contributed by atoms with Crippen molar-refractivity contribution in [2.24, 2.45) is 5.16 Å². The van der Waals surface area contributed by atoms with Gasteiger partial charge in [0, 0.05) is 6.92 Å². The molecule has 0 rings (SSSR count). The summed E-state index contributed by atoms with van der Waals surface area (Å²) in [5.74, 6) is -4.26. The Morgan fingerprint density at radius 2 is 1.83 bits per heavy atom. The van der Waals surface area contributed by atoms with Crippen LogP contribution >= 0.6 is 0 Å². The summed E-state index contributed by atoms with van der Waals surface area (Å²) in [4.78, 5) is 30.7. The lowest BCUT2D eigenvalue weighted by atomic mass is 10.4. The Balaban J connectivity index is 4.46. The van der Waals surface area contributed by atoms with Crippen LogP contribution in [0.25, 0.3) is 0 Å². The van der Waals surface area contributed by atoms with Crippen molar-refractivity contribution in [3.05, 3.63) is 0 Å². The number of carbonyl (C=O) groups is 3. The molecule has 0 aliphatic carbocycles. The number of carbonyl (C=O) groups excluding carboxylic acids is 2. The van der Waals surface area contributed by atoms with E-state index in [1.165, 1.54) is 0 Å². The zero-order chi connectivity index (χ0) is 9.72. The molecule has 0 saturated carbocycles. The van der Waals surface area contributed by atoms with E-state index in [2.05, 4.69) is 9.89 Å². The van der Waals surface area contributed by atoms with Crippen LogP contribution in [-0.4, -0.2) is 33.9 Å². The predicted molar refractivity (Wildman–Crippen MR) is 33.6 cm³/mol. The summed E-state index contributed by atoms with van der Waals surface area (Å²) in [6, 6.07) is 0. The molecule has 0 aromatic rings. The minimum Gasteiger partial charge on any atom is -0.476 e. The molecule has 0 bridgehead atoms. The summed E-state index contributed by atoms with van der Waals surface area (Å²) in [5.41, 5.74) is -1.25. The lowest BCUT2D eigenvalue weighted by Gasteiger charge is -1.96. The zero-order valence-corrected chi connectivity index (χ0v) is 5.97.